The van der Waals surface area contributed by atoms with Crippen molar-refractivity contribution in [3.63, 3.8) is 0 Å². The van der Waals surface area contributed by atoms with Crippen LogP contribution < -0.4 is 13.6 Å². The molecule has 3 aromatic rings. The van der Waals surface area contributed by atoms with E-state index in [4.69, 9.17) is 13.6 Å². The molecule has 0 atom stereocenters. The second-order valence-electron chi connectivity index (χ2n) is 7.17. The van der Waals surface area contributed by atoms with Crippen LogP contribution in [0, 0.1) is 0 Å². The van der Waals surface area contributed by atoms with Crippen molar-refractivity contribution in [3.8, 4) is 17.2 Å². The summed E-state index contributed by atoms with van der Waals surface area (Å²) in [6.07, 6.45) is 0. The molecular weight excluding hydrogens is 470 g/mol. The second kappa shape index (κ2) is 7.69. The zero-order valence-electron chi connectivity index (χ0n) is 15.7. The summed E-state index contributed by atoms with van der Waals surface area (Å²) in [4.78, 5) is -3.76. The first kappa shape index (κ1) is 20.0. The summed E-state index contributed by atoms with van der Waals surface area (Å²) in [5.41, 5.74) is 0. The topological polar surface area (TPSA) is 27.7 Å². The van der Waals surface area contributed by atoms with Crippen LogP contribution in [-0.4, -0.2) is 5.16 Å². The molecule has 0 aliphatic rings. The van der Waals surface area contributed by atoms with Crippen LogP contribution >= 0.6 is 27.0 Å². The molecule has 3 nitrogen and oxygen atoms in total. The summed E-state index contributed by atoms with van der Waals surface area (Å²) in [5, 5.41) is -0.437. The molecule has 0 N–H and O–H groups in total. The quantitative estimate of drug-likeness (QED) is 0.260. The second-order valence-corrected chi connectivity index (χ2v) is 15.6. The summed E-state index contributed by atoms with van der Waals surface area (Å²) in [6.45, 7) is 6.27. The molecule has 0 amide bonds. The van der Waals surface area contributed by atoms with Gasteiger partial charge in [0, 0.05) is 0 Å². The van der Waals surface area contributed by atoms with Crippen molar-refractivity contribution in [2.24, 2.45) is 0 Å². The van der Waals surface area contributed by atoms with Crippen LogP contribution in [0.4, 0.5) is 0 Å². The van der Waals surface area contributed by atoms with Gasteiger partial charge in [-0.1, -0.05) is 0 Å². The minimum atomic E-state index is -3.76. The SMILES string of the molecule is CC(C)(C)P(I)(Oc1ccccc1)(Oc1ccccc1)Oc1ccccc1. The Morgan fingerprint density at radius 3 is 1.04 bits per heavy atom. The van der Waals surface area contributed by atoms with Crippen molar-refractivity contribution in [1.82, 2.24) is 0 Å². The van der Waals surface area contributed by atoms with Crippen LogP contribution in [0.15, 0.2) is 91.0 Å². The summed E-state index contributed by atoms with van der Waals surface area (Å²) >= 11 is 2.29. The van der Waals surface area contributed by atoms with Gasteiger partial charge < -0.3 is 0 Å². The van der Waals surface area contributed by atoms with Crippen molar-refractivity contribution >= 4 is 27.0 Å². The normalized spacial score (nSPS) is 13.3. The summed E-state index contributed by atoms with van der Waals surface area (Å²) in [6, 6.07) is 29.1. The first-order valence-electron chi connectivity index (χ1n) is 8.78. The summed E-state index contributed by atoms with van der Waals surface area (Å²) < 4.78 is 19.9. The Hall–Kier alpha value is -1.78. The van der Waals surface area contributed by atoms with Gasteiger partial charge in [0.2, 0.25) is 0 Å². The first-order valence-corrected chi connectivity index (χ1v) is 13.6. The Bertz CT molecular complexity index is 760. The molecule has 27 heavy (non-hydrogen) atoms. The number of hydrogen-bond acceptors (Lipinski definition) is 3. The van der Waals surface area contributed by atoms with Gasteiger partial charge in [-0.05, 0) is 0 Å². The molecule has 3 aromatic carbocycles. The number of benzene rings is 3. The van der Waals surface area contributed by atoms with Crippen molar-refractivity contribution < 1.29 is 13.6 Å². The third-order valence-electron chi connectivity index (χ3n) is 4.09. The third-order valence-corrected chi connectivity index (χ3v) is 13.9. The zero-order chi connectivity index (χ0) is 19.4. The van der Waals surface area contributed by atoms with Gasteiger partial charge in [-0.2, -0.15) is 0 Å². The average Bonchev–Trinajstić information content (AvgIpc) is 2.63. The van der Waals surface area contributed by atoms with Crippen LogP contribution in [0.2, 0.25) is 0 Å². The number of halogens is 1. The van der Waals surface area contributed by atoms with E-state index in [-0.39, 0.29) is 0 Å². The molecule has 0 aliphatic heterocycles. The van der Waals surface area contributed by atoms with Gasteiger partial charge >= 0.3 is 175 Å². The molecule has 3 rings (SSSR count). The summed E-state index contributed by atoms with van der Waals surface area (Å²) in [5.74, 6) is 2.14. The molecule has 0 saturated heterocycles. The van der Waals surface area contributed by atoms with E-state index in [1.807, 2.05) is 91.0 Å². The predicted octanol–water partition coefficient (Wildman–Crippen LogP) is 7.67. The summed E-state index contributed by atoms with van der Waals surface area (Å²) in [7, 11) is 0. The number of hydrogen-bond donors (Lipinski definition) is 0. The Morgan fingerprint density at radius 2 is 0.815 bits per heavy atom. The van der Waals surface area contributed by atoms with E-state index in [9.17, 15) is 0 Å². The fourth-order valence-corrected chi connectivity index (χ4v) is 6.86. The van der Waals surface area contributed by atoms with Gasteiger partial charge in [0.05, 0.1) is 0 Å². The Labute approximate surface area is 174 Å². The zero-order valence-corrected chi connectivity index (χ0v) is 18.8. The Kier molecular flexibility index (Phi) is 5.68. The Morgan fingerprint density at radius 1 is 0.556 bits per heavy atom. The molecule has 0 unspecified atom stereocenters. The van der Waals surface area contributed by atoms with E-state index in [0.29, 0.717) is 17.2 Å². The molecular formula is C22H24IO3P. The minimum absolute atomic E-state index is 0.437. The van der Waals surface area contributed by atoms with Gasteiger partial charge in [0.25, 0.3) is 0 Å². The van der Waals surface area contributed by atoms with Crippen LogP contribution in [0.5, 0.6) is 17.2 Å². The van der Waals surface area contributed by atoms with Crippen LogP contribution in [0.3, 0.4) is 0 Å². The van der Waals surface area contributed by atoms with Crippen LogP contribution in [-0.2, 0) is 0 Å². The molecule has 0 radical (unpaired) electrons. The average molecular weight is 494 g/mol. The van der Waals surface area contributed by atoms with E-state index in [2.05, 4.69) is 42.8 Å². The molecule has 0 bridgehead atoms. The van der Waals surface area contributed by atoms with E-state index < -0.39 is 10.1 Å². The fraction of sp³-hybridized carbons (Fsp3) is 0.182. The van der Waals surface area contributed by atoms with E-state index in [1.165, 1.54) is 0 Å². The molecule has 0 fully saturated rings. The van der Waals surface area contributed by atoms with Crippen molar-refractivity contribution in [1.29, 1.82) is 0 Å². The first-order chi connectivity index (χ1) is 12.8. The predicted molar refractivity (Wildman–Crippen MR) is 122 cm³/mol. The Balaban J connectivity index is 2.14. The van der Waals surface area contributed by atoms with Crippen LogP contribution in [0.25, 0.3) is 0 Å². The standard InChI is InChI=1S/C22H24IO3P/c1-22(2,3)27(23,24-19-13-7-4-8-14-19,25-20-15-9-5-10-16-20)26-21-17-11-6-12-18-21/h4-18H,1-3H3. The van der Waals surface area contributed by atoms with Gasteiger partial charge in [0.15, 0.2) is 0 Å². The maximum atomic E-state index is 6.63. The van der Waals surface area contributed by atoms with Gasteiger partial charge in [-0.3, -0.25) is 0 Å². The van der Waals surface area contributed by atoms with E-state index in [1.54, 1.807) is 0 Å². The monoisotopic (exact) mass is 494 g/mol. The molecule has 0 heterocycles. The van der Waals surface area contributed by atoms with Crippen molar-refractivity contribution in [2.45, 2.75) is 25.9 Å². The van der Waals surface area contributed by atoms with Crippen LogP contribution in [0.1, 0.15) is 20.8 Å². The molecule has 5 heteroatoms. The van der Waals surface area contributed by atoms with Gasteiger partial charge in [-0.15, -0.1) is 0 Å². The fourth-order valence-electron chi connectivity index (χ4n) is 2.45. The number of rotatable bonds is 6. The van der Waals surface area contributed by atoms with E-state index >= 15 is 0 Å². The molecule has 0 saturated carbocycles. The molecule has 0 aromatic heterocycles. The van der Waals surface area contributed by atoms with Gasteiger partial charge in [-0.25, -0.2) is 0 Å². The molecule has 0 spiro atoms. The maximum absolute atomic E-state index is 6.63. The number of para-hydroxylation sites is 3. The van der Waals surface area contributed by atoms with Gasteiger partial charge in [0.1, 0.15) is 0 Å². The molecule has 0 aliphatic carbocycles. The van der Waals surface area contributed by atoms with E-state index in [0.717, 1.165) is 0 Å². The third kappa shape index (κ3) is 4.39. The van der Waals surface area contributed by atoms with Crippen molar-refractivity contribution in [3.05, 3.63) is 91.0 Å². The molecule has 142 valence electrons. The van der Waals surface area contributed by atoms with Crippen molar-refractivity contribution in [2.75, 3.05) is 0 Å².